The van der Waals surface area contributed by atoms with E-state index in [0.717, 1.165) is 16.5 Å². The number of nitrogens with zero attached hydrogens (tertiary/aromatic N) is 6. The Morgan fingerprint density at radius 2 is 1.88 bits per heavy atom. The molecule has 41 heavy (non-hydrogen) atoms. The highest BCUT2D eigenvalue weighted by Gasteiger charge is 2.23. The molecular weight excluding hydrogens is 514 g/mol. The number of carbonyl (C=O) groups excluding carboxylic acids is 1. The smallest absolute Gasteiger partial charge is 0.264 e. The van der Waals surface area contributed by atoms with Gasteiger partial charge in [0.05, 0.1) is 28.9 Å². The van der Waals surface area contributed by atoms with Crippen LogP contribution in [-0.4, -0.2) is 34.9 Å². The van der Waals surface area contributed by atoms with Gasteiger partial charge in [0.25, 0.3) is 11.5 Å². The normalized spacial score (nSPS) is 11.8. The SMILES string of the molecule is Cc1cccc(-n2c(C(C)NC(=O)c3c(C)nn4cccnc34)cc3cccc(C#Cc4cnn(C)c4)c3c2=O)c1. The van der Waals surface area contributed by atoms with Gasteiger partial charge in [-0.15, -0.1) is 0 Å². The Bertz CT molecular complexity index is 2090. The van der Waals surface area contributed by atoms with E-state index in [9.17, 15) is 9.59 Å². The van der Waals surface area contributed by atoms with Crippen LogP contribution in [0.5, 0.6) is 0 Å². The van der Waals surface area contributed by atoms with E-state index in [1.165, 1.54) is 0 Å². The van der Waals surface area contributed by atoms with Crippen molar-refractivity contribution in [2.75, 3.05) is 0 Å². The molecule has 0 aliphatic heterocycles. The molecule has 1 unspecified atom stereocenters. The molecule has 6 aromatic rings. The molecule has 1 atom stereocenters. The van der Waals surface area contributed by atoms with Gasteiger partial charge in [0.2, 0.25) is 0 Å². The molecule has 0 saturated carbocycles. The Balaban J connectivity index is 1.49. The van der Waals surface area contributed by atoms with Crippen LogP contribution in [-0.2, 0) is 7.05 Å². The van der Waals surface area contributed by atoms with Gasteiger partial charge in [-0.1, -0.05) is 36.1 Å². The number of benzene rings is 2. The average Bonchev–Trinajstić information content (AvgIpc) is 3.52. The molecule has 1 N–H and O–H groups in total. The van der Waals surface area contributed by atoms with Crippen molar-refractivity contribution in [3.05, 3.63) is 123 Å². The second-order valence-electron chi connectivity index (χ2n) is 10.0. The molecule has 0 aliphatic carbocycles. The molecule has 2 aromatic carbocycles. The van der Waals surface area contributed by atoms with E-state index >= 15 is 0 Å². The van der Waals surface area contributed by atoms with Gasteiger partial charge in [0, 0.05) is 42.6 Å². The molecular formula is C32H27N7O2. The molecule has 4 aromatic heterocycles. The van der Waals surface area contributed by atoms with Gasteiger partial charge in [-0.3, -0.25) is 18.8 Å². The van der Waals surface area contributed by atoms with Crippen LogP contribution in [0.2, 0.25) is 0 Å². The van der Waals surface area contributed by atoms with E-state index in [4.69, 9.17) is 0 Å². The quantitative estimate of drug-likeness (QED) is 0.336. The Morgan fingerprint density at radius 3 is 2.66 bits per heavy atom. The van der Waals surface area contributed by atoms with Crippen molar-refractivity contribution < 1.29 is 4.79 Å². The second-order valence-corrected chi connectivity index (χ2v) is 10.0. The van der Waals surface area contributed by atoms with Crippen molar-refractivity contribution in [2.45, 2.75) is 26.8 Å². The maximum atomic E-state index is 14.3. The van der Waals surface area contributed by atoms with Gasteiger partial charge in [0.15, 0.2) is 5.65 Å². The second kappa shape index (κ2) is 10.2. The number of fused-ring (bicyclic) bond motifs is 2. The topological polar surface area (TPSA) is 99.1 Å². The van der Waals surface area contributed by atoms with Crippen LogP contribution in [0.15, 0.2) is 84.2 Å². The van der Waals surface area contributed by atoms with Crippen molar-refractivity contribution in [3.8, 4) is 17.5 Å². The monoisotopic (exact) mass is 541 g/mol. The van der Waals surface area contributed by atoms with E-state index < -0.39 is 6.04 Å². The lowest BCUT2D eigenvalue weighted by atomic mass is 10.0. The number of nitrogens with one attached hydrogen (secondary N) is 1. The number of aromatic nitrogens is 6. The fourth-order valence-electron chi connectivity index (χ4n) is 5.07. The van der Waals surface area contributed by atoms with Gasteiger partial charge in [-0.2, -0.15) is 10.2 Å². The number of hydrogen-bond donors (Lipinski definition) is 1. The minimum atomic E-state index is -0.525. The summed E-state index contributed by atoms with van der Waals surface area (Å²) in [5.74, 6) is 5.97. The summed E-state index contributed by atoms with van der Waals surface area (Å²) in [4.78, 5) is 32.2. The first kappa shape index (κ1) is 25.8. The summed E-state index contributed by atoms with van der Waals surface area (Å²) in [6.45, 7) is 5.62. The maximum Gasteiger partial charge on any atom is 0.264 e. The highest BCUT2D eigenvalue weighted by molar-refractivity contribution is 6.01. The zero-order chi connectivity index (χ0) is 28.7. The van der Waals surface area contributed by atoms with Gasteiger partial charge in [-0.05, 0) is 62.1 Å². The molecule has 0 spiro atoms. The molecule has 1 amide bonds. The zero-order valence-corrected chi connectivity index (χ0v) is 23.1. The van der Waals surface area contributed by atoms with Crippen LogP contribution < -0.4 is 10.9 Å². The third-order valence-electron chi connectivity index (χ3n) is 6.97. The minimum absolute atomic E-state index is 0.214. The van der Waals surface area contributed by atoms with Crippen molar-refractivity contribution in [3.63, 3.8) is 0 Å². The first-order valence-corrected chi connectivity index (χ1v) is 13.2. The summed E-state index contributed by atoms with van der Waals surface area (Å²) in [5.41, 5.74) is 4.96. The van der Waals surface area contributed by atoms with E-state index in [2.05, 4.69) is 32.3 Å². The summed E-state index contributed by atoms with van der Waals surface area (Å²) in [5, 5.41) is 12.9. The Hall–Kier alpha value is -5.49. The number of pyridine rings is 1. The number of hydrogen-bond acceptors (Lipinski definition) is 5. The standard InChI is InChI=1S/C32H27N7O2/c1-20-8-5-11-26(16-20)39-27(21(2)35-31(40)28-22(3)36-38-15-7-14-33-30(28)38)17-25-10-6-9-24(29(25)32(39)41)13-12-23-18-34-37(4)19-23/h5-11,14-19,21H,1-4H3,(H,35,40). The molecule has 0 saturated heterocycles. The van der Waals surface area contributed by atoms with Crippen LogP contribution in [0.1, 0.15) is 51.4 Å². The first-order chi connectivity index (χ1) is 19.8. The van der Waals surface area contributed by atoms with Crippen LogP contribution in [0.4, 0.5) is 0 Å². The van der Waals surface area contributed by atoms with Crippen LogP contribution in [0, 0.1) is 25.7 Å². The number of carbonyl (C=O) groups is 1. The number of aryl methyl sites for hydroxylation is 3. The molecule has 9 nitrogen and oxygen atoms in total. The Morgan fingerprint density at radius 1 is 1.05 bits per heavy atom. The molecule has 0 radical (unpaired) electrons. The van der Waals surface area contributed by atoms with E-state index in [-0.39, 0.29) is 11.5 Å². The van der Waals surface area contributed by atoms with Crippen molar-refractivity contribution in [2.24, 2.45) is 7.05 Å². The minimum Gasteiger partial charge on any atom is -0.344 e. The van der Waals surface area contributed by atoms with Gasteiger partial charge < -0.3 is 5.32 Å². The van der Waals surface area contributed by atoms with Crippen molar-refractivity contribution in [1.82, 2.24) is 34.3 Å². The lowest BCUT2D eigenvalue weighted by Gasteiger charge is -2.21. The van der Waals surface area contributed by atoms with Gasteiger partial charge >= 0.3 is 0 Å². The van der Waals surface area contributed by atoms with Crippen LogP contribution in [0.3, 0.4) is 0 Å². The number of rotatable bonds is 4. The lowest BCUT2D eigenvalue weighted by Crippen LogP contribution is -2.32. The average molecular weight is 542 g/mol. The van der Waals surface area contributed by atoms with E-state index in [1.807, 2.05) is 75.6 Å². The fourth-order valence-corrected chi connectivity index (χ4v) is 5.07. The maximum absolute atomic E-state index is 14.3. The Labute approximate surface area is 236 Å². The van der Waals surface area contributed by atoms with Crippen molar-refractivity contribution in [1.29, 1.82) is 0 Å². The molecule has 202 valence electrons. The summed E-state index contributed by atoms with van der Waals surface area (Å²) in [7, 11) is 1.83. The predicted octanol–water partition coefficient (Wildman–Crippen LogP) is 4.27. The Kier molecular flexibility index (Phi) is 6.44. The van der Waals surface area contributed by atoms with Gasteiger partial charge in [0.1, 0.15) is 5.56 Å². The third-order valence-corrected chi connectivity index (χ3v) is 6.97. The van der Waals surface area contributed by atoms with Crippen LogP contribution in [0.25, 0.3) is 22.1 Å². The summed E-state index contributed by atoms with van der Waals surface area (Å²) in [6, 6.07) is 16.5. The zero-order valence-electron chi connectivity index (χ0n) is 23.1. The van der Waals surface area contributed by atoms with E-state index in [0.29, 0.717) is 39.2 Å². The highest BCUT2D eigenvalue weighted by Crippen LogP contribution is 2.24. The molecule has 0 fully saturated rings. The molecule has 4 heterocycles. The largest absolute Gasteiger partial charge is 0.344 e. The molecule has 0 aliphatic rings. The summed E-state index contributed by atoms with van der Waals surface area (Å²) < 4.78 is 4.93. The first-order valence-electron chi connectivity index (χ1n) is 13.2. The van der Waals surface area contributed by atoms with E-state index in [1.54, 1.807) is 45.3 Å². The molecule has 0 bridgehead atoms. The third kappa shape index (κ3) is 4.76. The van der Waals surface area contributed by atoms with Gasteiger partial charge in [-0.25, -0.2) is 9.50 Å². The lowest BCUT2D eigenvalue weighted by molar-refractivity contribution is 0.0939. The molecule has 9 heteroatoms. The van der Waals surface area contributed by atoms with Crippen LogP contribution >= 0.6 is 0 Å². The highest BCUT2D eigenvalue weighted by atomic mass is 16.2. The summed E-state index contributed by atoms with van der Waals surface area (Å²) >= 11 is 0. The fraction of sp³-hybridized carbons (Fsp3) is 0.156. The predicted molar refractivity (Wildman–Crippen MR) is 157 cm³/mol. The number of amides is 1. The summed E-state index contributed by atoms with van der Waals surface area (Å²) in [6.07, 6.45) is 6.90. The molecule has 6 rings (SSSR count). The van der Waals surface area contributed by atoms with Crippen molar-refractivity contribution >= 4 is 22.3 Å².